The fraction of sp³-hybridized carbons (Fsp3) is 0.333. The Labute approximate surface area is 93.5 Å². The number of rotatable bonds is 2. The molecule has 1 heterocycles. The first-order valence-electron chi connectivity index (χ1n) is 5.15. The van der Waals surface area contributed by atoms with E-state index in [9.17, 15) is 9.59 Å². The van der Waals surface area contributed by atoms with Crippen molar-refractivity contribution in [3.63, 3.8) is 0 Å². The van der Waals surface area contributed by atoms with Crippen LogP contribution in [0.25, 0.3) is 0 Å². The summed E-state index contributed by atoms with van der Waals surface area (Å²) < 4.78 is 0. The zero-order chi connectivity index (χ0) is 11.9. The van der Waals surface area contributed by atoms with Gasteiger partial charge in [-0.25, -0.2) is 0 Å². The topological polar surface area (TPSA) is 57.6 Å². The highest BCUT2D eigenvalue weighted by Crippen LogP contribution is 2.28. The Bertz CT molecular complexity index is 438. The maximum Gasteiger partial charge on any atom is 0.261 e. The van der Waals surface area contributed by atoms with Gasteiger partial charge in [-0.2, -0.15) is 0 Å². The van der Waals surface area contributed by atoms with Gasteiger partial charge in [-0.15, -0.1) is 0 Å². The van der Waals surface area contributed by atoms with Crippen LogP contribution >= 0.6 is 0 Å². The van der Waals surface area contributed by atoms with Crippen LogP contribution in [-0.4, -0.2) is 35.0 Å². The minimum absolute atomic E-state index is 0.0607. The molecule has 2 amide bonds. The Morgan fingerprint density at radius 2 is 1.50 bits per heavy atom. The number of carbonyl (C=O) groups excluding carboxylic acids is 2. The van der Waals surface area contributed by atoms with E-state index >= 15 is 0 Å². The molecule has 0 aliphatic carbocycles. The lowest BCUT2D eigenvalue weighted by Gasteiger charge is -2.11. The number of aliphatic hydroxyl groups is 1. The lowest BCUT2D eigenvalue weighted by Crippen LogP contribution is -2.32. The van der Waals surface area contributed by atoms with E-state index in [2.05, 4.69) is 0 Å². The molecule has 1 N–H and O–H groups in total. The summed E-state index contributed by atoms with van der Waals surface area (Å²) in [5, 5.41) is 8.83. The third kappa shape index (κ3) is 1.34. The van der Waals surface area contributed by atoms with Crippen LogP contribution in [0.2, 0.25) is 0 Å². The monoisotopic (exact) mass is 219 g/mol. The van der Waals surface area contributed by atoms with Crippen LogP contribution in [-0.2, 0) is 0 Å². The molecule has 0 spiro atoms. The molecule has 0 bridgehead atoms. The minimum atomic E-state index is -0.296. The molecule has 4 heteroatoms. The van der Waals surface area contributed by atoms with Gasteiger partial charge in [0.15, 0.2) is 0 Å². The van der Waals surface area contributed by atoms with E-state index in [1.807, 2.05) is 26.0 Å². The highest BCUT2D eigenvalue weighted by Gasteiger charge is 2.37. The van der Waals surface area contributed by atoms with E-state index in [1.54, 1.807) is 0 Å². The molecular formula is C12H13NO3. The molecule has 0 radical (unpaired) electrons. The fourth-order valence-electron chi connectivity index (χ4n) is 2.03. The summed E-state index contributed by atoms with van der Waals surface area (Å²) in [7, 11) is 0. The van der Waals surface area contributed by atoms with Crippen molar-refractivity contribution < 1.29 is 14.7 Å². The quantitative estimate of drug-likeness (QED) is 0.751. The third-order valence-corrected chi connectivity index (χ3v) is 2.86. The van der Waals surface area contributed by atoms with Gasteiger partial charge < -0.3 is 5.11 Å². The molecular weight excluding hydrogens is 206 g/mol. The lowest BCUT2D eigenvalue weighted by molar-refractivity contribution is 0.0624. The van der Waals surface area contributed by atoms with E-state index < -0.39 is 0 Å². The summed E-state index contributed by atoms with van der Waals surface area (Å²) in [6.45, 7) is 3.48. The number of β-amino-alcohol motifs (C(OH)–C–C–N with tert-alkyl or cyclic N) is 1. The van der Waals surface area contributed by atoms with Crippen molar-refractivity contribution in [2.45, 2.75) is 13.8 Å². The summed E-state index contributed by atoms with van der Waals surface area (Å²) in [6.07, 6.45) is 0. The van der Waals surface area contributed by atoms with Gasteiger partial charge in [0.2, 0.25) is 0 Å². The Kier molecular flexibility index (Phi) is 2.52. The number of nitrogens with zero attached hydrogens (tertiary/aromatic N) is 1. The second-order valence-electron chi connectivity index (χ2n) is 3.93. The van der Waals surface area contributed by atoms with Crippen molar-refractivity contribution in [1.29, 1.82) is 0 Å². The van der Waals surface area contributed by atoms with Gasteiger partial charge in [0.1, 0.15) is 0 Å². The van der Waals surface area contributed by atoms with Crippen molar-refractivity contribution >= 4 is 11.8 Å². The summed E-state index contributed by atoms with van der Waals surface area (Å²) in [4.78, 5) is 25.0. The van der Waals surface area contributed by atoms with Gasteiger partial charge in [0.25, 0.3) is 11.8 Å². The molecule has 84 valence electrons. The van der Waals surface area contributed by atoms with Crippen LogP contribution in [0.5, 0.6) is 0 Å². The van der Waals surface area contributed by atoms with E-state index in [0.717, 1.165) is 16.0 Å². The molecule has 2 rings (SSSR count). The highest BCUT2D eigenvalue weighted by atomic mass is 16.3. The average molecular weight is 219 g/mol. The molecule has 0 unspecified atom stereocenters. The standard InChI is InChI=1S/C12H13NO3/c1-7-3-4-8(2)10-9(7)11(15)13(5-6-14)12(10)16/h3-4,14H,5-6H2,1-2H3. The molecule has 4 nitrogen and oxygen atoms in total. The van der Waals surface area contributed by atoms with Crippen molar-refractivity contribution in [3.05, 3.63) is 34.4 Å². The largest absolute Gasteiger partial charge is 0.395 e. The van der Waals surface area contributed by atoms with E-state index in [1.165, 1.54) is 0 Å². The van der Waals surface area contributed by atoms with Gasteiger partial charge in [-0.05, 0) is 25.0 Å². The molecule has 16 heavy (non-hydrogen) atoms. The zero-order valence-electron chi connectivity index (χ0n) is 9.28. The Hall–Kier alpha value is -1.68. The summed E-state index contributed by atoms with van der Waals surface area (Å²) in [5.41, 5.74) is 2.58. The van der Waals surface area contributed by atoms with E-state index in [-0.39, 0.29) is 25.0 Å². The Balaban J connectivity index is 2.59. The second-order valence-corrected chi connectivity index (χ2v) is 3.93. The summed E-state index contributed by atoms with van der Waals surface area (Å²) in [6, 6.07) is 3.67. The smallest absolute Gasteiger partial charge is 0.261 e. The van der Waals surface area contributed by atoms with Crippen molar-refractivity contribution in [3.8, 4) is 0 Å². The lowest BCUT2D eigenvalue weighted by atomic mass is 9.99. The van der Waals surface area contributed by atoms with E-state index in [0.29, 0.717) is 11.1 Å². The zero-order valence-corrected chi connectivity index (χ0v) is 9.28. The number of hydrogen-bond donors (Lipinski definition) is 1. The number of amides is 2. The van der Waals surface area contributed by atoms with Crippen molar-refractivity contribution in [2.75, 3.05) is 13.2 Å². The van der Waals surface area contributed by atoms with Crippen molar-refractivity contribution in [2.24, 2.45) is 0 Å². The van der Waals surface area contributed by atoms with E-state index in [4.69, 9.17) is 5.11 Å². The van der Waals surface area contributed by atoms with Crippen LogP contribution in [0, 0.1) is 13.8 Å². The Morgan fingerprint density at radius 1 is 1.06 bits per heavy atom. The first-order valence-corrected chi connectivity index (χ1v) is 5.15. The first-order chi connectivity index (χ1) is 7.57. The SMILES string of the molecule is Cc1ccc(C)c2c1C(=O)N(CCO)C2=O. The van der Waals surface area contributed by atoms with Gasteiger partial charge in [0, 0.05) is 0 Å². The molecule has 1 aliphatic heterocycles. The number of aryl methyl sites for hydroxylation is 2. The van der Waals surface area contributed by atoms with Gasteiger partial charge in [0.05, 0.1) is 24.3 Å². The van der Waals surface area contributed by atoms with Gasteiger partial charge >= 0.3 is 0 Å². The average Bonchev–Trinajstić information content (AvgIpc) is 2.50. The number of carbonyl (C=O) groups is 2. The molecule has 1 aromatic carbocycles. The number of aliphatic hydroxyl groups excluding tert-OH is 1. The predicted octanol–water partition coefficient (Wildman–Crippen LogP) is 0.892. The molecule has 1 aliphatic rings. The molecule has 1 aromatic rings. The van der Waals surface area contributed by atoms with Crippen LogP contribution in [0.4, 0.5) is 0 Å². The normalized spacial score (nSPS) is 14.6. The Morgan fingerprint density at radius 3 is 1.88 bits per heavy atom. The molecule has 0 aromatic heterocycles. The summed E-state index contributed by atoms with van der Waals surface area (Å²) in [5.74, 6) is -0.592. The third-order valence-electron chi connectivity index (χ3n) is 2.86. The molecule has 0 fully saturated rings. The van der Waals surface area contributed by atoms with Crippen molar-refractivity contribution in [1.82, 2.24) is 4.90 Å². The molecule has 0 atom stereocenters. The second kappa shape index (κ2) is 3.72. The van der Waals surface area contributed by atoms with Gasteiger partial charge in [-0.1, -0.05) is 12.1 Å². The first kappa shape index (κ1) is 10.8. The van der Waals surface area contributed by atoms with Crippen LogP contribution in [0.1, 0.15) is 31.8 Å². The predicted molar refractivity (Wildman–Crippen MR) is 58.4 cm³/mol. The number of benzene rings is 1. The molecule has 0 saturated carbocycles. The number of imide groups is 1. The maximum atomic E-state index is 12.0. The number of hydrogen-bond acceptors (Lipinski definition) is 3. The fourth-order valence-corrected chi connectivity index (χ4v) is 2.03. The van der Waals surface area contributed by atoms with Crippen LogP contribution < -0.4 is 0 Å². The molecule has 0 saturated heterocycles. The van der Waals surface area contributed by atoms with Crippen LogP contribution in [0.15, 0.2) is 12.1 Å². The van der Waals surface area contributed by atoms with Crippen LogP contribution in [0.3, 0.4) is 0 Å². The highest BCUT2D eigenvalue weighted by molar-refractivity contribution is 6.22. The minimum Gasteiger partial charge on any atom is -0.395 e. The maximum absolute atomic E-state index is 12.0. The number of fused-ring (bicyclic) bond motifs is 1. The summed E-state index contributed by atoms with van der Waals surface area (Å²) >= 11 is 0. The van der Waals surface area contributed by atoms with Gasteiger partial charge in [-0.3, -0.25) is 14.5 Å².